The highest BCUT2D eigenvalue weighted by Gasteiger charge is 2.30. The summed E-state index contributed by atoms with van der Waals surface area (Å²) in [7, 11) is 0. The standard InChI is InChI=1S/C15H24N2O2/c1-10(18)13(9-16)14(19)17-12-7-5-11(6-8-12)15(2,3)4/h11-12,18H,5-8H2,1-4H3,(H,17,19)/b13-10-. The summed E-state index contributed by atoms with van der Waals surface area (Å²) in [4.78, 5) is 11.8. The molecule has 1 saturated carbocycles. The number of nitrogens with zero attached hydrogens (tertiary/aromatic N) is 1. The average molecular weight is 264 g/mol. The molecule has 0 unspecified atom stereocenters. The van der Waals surface area contributed by atoms with Gasteiger partial charge in [-0.05, 0) is 43.9 Å². The zero-order chi connectivity index (χ0) is 14.6. The van der Waals surface area contributed by atoms with Crippen LogP contribution in [0.25, 0.3) is 0 Å². The molecular formula is C15H24N2O2. The Hall–Kier alpha value is -1.50. The second-order valence-corrected chi connectivity index (χ2v) is 6.46. The Morgan fingerprint density at radius 3 is 2.16 bits per heavy atom. The summed E-state index contributed by atoms with van der Waals surface area (Å²) < 4.78 is 0. The molecule has 0 aromatic heterocycles. The van der Waals surface area contributed by atoms with Crippen LogP contribution in [0, 0.1) is 22.7 Å². The lowest BCUT2D eigenvalue weighted by atomic mass is 9.71. The molecule has 4 heteroatoms. The van der Waals surface area contributed by atoms with Crippen molar-refractivity contribution in [3.05, 3.63) is 11.3 Å². The number of rotatable bonds is 2. The molecule has 0 saturated heterocycles. The number of hydrogen-bond donors (Lipinski definition) is 2. The number of amides is 1. The zero-order valence-corrected chi connectivity index (χ0v) is 12.3. The summed E-state index contributed by atoms with van der Waals surface area (Å²) in [5.41, 5.74) is 0.131. The van der Waals surface area contributed by atoms with E-state index in [4.69, 9.17) is 5.26 Å². The minimum absolute atomic E-state index is 0.119. The normalized spacial score (nSPS) is 25.2. The van der Waals surface area contributed by atoms with Gasteiger partial charge in [0.05, 0.1) is 0 Å². The van der Waals surface area contributed by atoms with E-state index >= 15 is 0 Å². The molecule has 0 radical (unpaired) electrons. The molecule has 0 spiro atoms. The van der Waals surface area contributed by atoms with E-state index in [9.17, 15) is 9.90 Å². The van der Waals surface area contributed by atoms with Crippen molar-refractivity contribution in [2.24, 2.45) is 11.3 Å². The van der Waals surface area contributed by atoms with Gasteiger partial charge in [-0.15, -0.1) is 0 Å². The van der Waals surface area contributed by atoms with Crippen LogP contribution in [0.1, 0.15) is 53.4 Å². The van der Waals surface area contributed by atoms with E-state index < -0.39 is 5.91 Å². The van der Waals surface area contributed by atoms with Crippen LogP contribution in [-0.4, -0.2) is 17.1 Å². The highest BCUT2D eigenvalue weighted by molar-refractivity contribution is 5.97. The maximum absolute atomic E-state index is 11.8. The van der Waals surface area contributed by atoms with Crippen LogP contribution in [0.15, 0.2) is 11.3 Å². The van der Waals surface area contributed by atoms with E-state index in [2.05, 4.69) is 26.1 Å². The van der Waals surface area contributed by atoms with Crippen molar-refractivity contribution >= 4 is 5.91 Å². The van der Waals surface area contributed by atoms with Crippen molar-refractivity contribution in [1.29, 1.82) is 5.26 Å². The van der Waals surface area contributed by atoms with E-state index in [1.807, 2.05) is 0 Å². The van der Waals surface area contributed by atoms with Crippen molar-refractivity contribution < 1.29 is 9.90 Å². The first-order valence-corrected chi connectivity index (χ1v) is 6.86. The third kappa shape index (κ3) is 4.27. The van der Waals surface area contributed by atoms with Gasteiger partial charge < -0.3 is 10.4 Å². The Kier molecular flexibility index (Phi) is 4.99. The molecule has 0 heterocycles. The SMILES string of the molecule is C/C(O)=C(\C#N)C(=O)NC1CCC(C(C)(C)C)CC1. The molecule has 1 aliphatic carbocycles. The smallest absolute Gasteiger partial charge is 0.265 e. The van der Waals surface area contributed by atoms with Crippen LogP contribution in [0.3, 0.4) is 0 Å². The molecule has 1 rings (SSSR count). The van der Waals surface area contributed by atoms with Gasteiger partial charge in [0.25, 0.3) is 5.91 Å². The van der Waals surface area contributed by atoms with Crippen LogP contribution in [0.5, 0.6) is 0 Å². The quantitative estimate of drug-likeness (QED) is 0.457. The summed E-state index contributed by atoms with van der Waals surface area (Å²) >= 11 is 0. The Labute approximate surface area is 115 Å². The number of allylic oxidation sites excluding steroid dienone is 1. The lowest BCUT2D eigenvalue weighted by Crippen LogP contribution is -2.40. The highest BCUT2D eigenvalue weighted by Crippen LogP contribution is 2.37. The fourth-order valence-electron chi connectivity index (χ4n) is 2.66. The molecule has 0 bridgehead atoms. The molecule has 4 nitrogen and oxygen atoms in total. The summed E-state index contributed by atoms with van der Waals surface area (Å²) in [5.74, 6) is 0.0105. The Morgan fingerprint density at radius 1 is 1.26 bits per heavy atom. The maximum atomic E-state index is 11.8. The second kappa shape index (κ2) is 6.10. The minimum Gasteiger partial charge on any atom is -0.511 e. The summed E-state index contributed by atoms with van der Waals surface area (Å²) in [5, 5.41) is 20.9. The molecule has 106 valence electrons. The molecule has 2 N–H and O–H groups in total. The van der Waals surface area contributed by atoms with E-state index in [1.54, 1.807) is 6.07 Å². The van der Waals surface area contributed by atoms with Crippen molar-refractivity contribution in [3.8, 4) is 6.07 Å². The Bertz CT molecular complexity index is 401. The monoisotopic (exact) mass is 264 g/mol. The van der Waals surface area contributed by atoms with Crippen molar-refractivity contribution in [3.63, 3.8) is 0 Å². The van der Waals surface area contributed by atoms with Crippen LogP contribution in [0.4, 0.5) is 0 Å². The predicted molar refractivity (Wildman–Crippen MR) is 74.3 cm³/mol. The number of nitriles is 1. The van der Waals surface area contributed by atoms with Gasteiger partial charge in [-0.1, -0.05) is 20.8 Å². The number of nitrogens with one attached hydrogen (secondary N) is 1. The number of carbonyl (C=O) groups is 1. The fraction of sp³-hybridized carbons (Fsp3) is 0.733. The summed E-state index contributed by atoms with van der Waals surface area (Å²) in [6.07, 6.45) is 4.07. The van der Waals surface area contributed by atoms with Gasteiger partial charge in [0.1, 0.15) is 11.8 Å². The predicted octanol–water partition coefficient (Wildman–Crippen LogP) is 3.06. The lowest BCUT2D eigenvalue weighted by molar-refractivity contribution is -0.118. The molecule has 0 aromatic carbocycles. The third-order valence-corrected chi connectivity index (χ3v) is 3.99. The number of hydrogen-bond acceptors (Lipinski definition) is 3. The van der Waals surface area contributed by atoms with Crippen LogP contribution < -0.4 is 5.32 Å². The topological polar surface area (TPSA) is 73.1 Å². The Morgan fingerprint density at radius 2 is 1.79 bits per heavy atom. The first-order valence-electron chi connectivity index (χ1n) is 6.86. The van der Waals surface area contributed by atoms with E-state index in [0.29, 0.717) is 11.3 Å². The van der Waals surface area contributed by atoms with E-state index in [1.165, 1.54) is 6.92 Å². The van der Waals surface area contributed by atoms with Gasteiger partial charge >= 0.3 is 0 Å². The van der Waals surface area contributed by atoms with Gasteiger partial charge in [-0.25, -0.2) is 0 Å². The van der Waals surface area contributed by atoms with Gasteiger partial charge in [0.15, 0.2) is 5.57 Å². The summed E-state index contributed by atoms with van der Waals surface area (Å²) in [6.45, 7) is 8.11. The van der Waals surface area contributed by atoms with Crippen LogP contribution in [-0.2, 0) is 4.79 Å². The number of aliphatic hydroxyl groups excluding tert-OH is 1. The molecule has 0 atom stereocenters. The number of aliphatic hydroxyl groups is 1. The van der Waals surface area contributed by atoms with Crippen molar-refractivity contribution in [2.75, 3.05) is 0 Å². The molecule has 0 aliphatic heterocycles. The molecule has 1 amide bonds. The Balaban J connectivity index is 2.53. The molecule has 0 aromatic rings. The third-order valence-electron chi connectivity index (χ3n) is 3.99. The van der Waals surface area contributed by atoms with Gasteiger partial charge in [-0.3, -0.25) is 4.79 Å². The lowest BCUT2D eigenvalue weighted by Gasteiger charge is -2.37. The number of carbonyl (C=O) groups excluding carboxylic acids is 1. The van der Waals surface area contributed by atoms with Crippen LogP contribution >= 0.6 is 0 Å². The average Bonchev–Trinajstić information content (AvgIpc) is 2.28. The first kappa shape index (κ1) is 15.6. The maximum Gasteiger partial charge on any atom is 0.265 e. The molecule has 19 heavy (non-hydrogen) atoms. The summed E-state index contributed by atoms with van der Waals surface area (Å²) in [6, 6.07) is 1.86. The minimum atomic E-state index is -0.457. The molecule has 1 fully saturated rings. The molecule has 1 aliphatic rings. The second-order valence-electron chi connectivity index (χ2n) is 6.46. The fourth-order valence-corrected chi connectivity index (χ4v) is 2.66. The highest BCUT2D eigenvalue weighted by atomic mass is 16.3. The zero-order valence-electron chi connectivity index (χ0n) is 12.3. The molecular weight excluding hydrogens is 240 g/mol. The van der Waals surface area contributed by atoms with Gasteiger partial charge in [0, 0.05) is 6.04 Å². The van der Waals surface area contributed by atoms with Gasteiger partial charge in [-0.2, -0.15) is 5.26 Å². The van der Waals surface area contributed by atoms with E-state index in [-0.39, 0.29) is 17.4 Å². The van der Waals surface area contributed by atoms with Gasteiger partial charge in [0.2, 0.25) is 0 Å². The largest absolute Gasteiger partial charge is 0.511 e. The van der Waals surface area contributed by atoms with Crippen molar-refractivity contribution in [1.82, 2.24) is 5.32 Å². The van der Waals surface area contributed by atoms with Crippen molar-refractivity contribution in [2.45, 2.75) is 59.4 Å². The first-order chi connectivity index (χ1) is 8.75. The van der Waals surface area contributed by atoms with E-state index in [0.717, 1.165) is 25.7 Å². The van der Waals surface area contributed by atoms with Crippen LogP contribution in [0.2, 0.25) is 0 Å².